The van der Waals surface area contributed by atoms with Crippen LogP contribution in [0.25, 0.3) is 0 Å². The lowest BCUT2D eigenvalue weighted by Crippen LogP contribution is -2.45. The van der Waals surface area contributed by atoms with E-state index in [1.54, 1.807) is 12.1 Å². The molecule has 0 unspecified atom stereocenters. The Labute approximate surface area is 93.1 Å². The van der Waals surface area contributed by atoms with Crippen molar-refractivity contribution in [3.05, 3.63) is 23.8 Å². The first kappa shape index (κ1) is 10.9. The van der Waals surface area contributed by atoms with Crippen molar-refractivity contribution in [1.82, 2.24) is 4.72 Å². The number of hydrogen-bond acceptors (Lipinski definition) is 4. The van der Waals surface area contributed by atoms with E-state index in [1.165, 1.54) is 18.0 Å². The highest BCUT2D eigenvalue weighted by Crippen LogP contribution is 2.28. The molecule has 0 aliphatic carbocycles. The van der Waals surface area contributed by atoms with E-state index in [4.69, 9.17) is 5.73 Å². The quantitative estimate of drug-likeness (QED) is 0.723. The number of nitrogens with two attached hydrogens (primary N) is 1. The van der Waals surface area contributed by atoms with Crippen LogP contribution in [-0.4, -0.2) is 21.5 Å². The minimum absolute atomic E-state index is 0.0811. The zero-order valence-corrected chi connectivity index (χ0v) is 9.41. The third-order valence-corrected chi connectivity index (χ3v) is 3.79. The standard InChI is InChI=1S/C9H11N3O3S/c1-12-7-3-2-6(5-10)4-8(7)16(14,15)11-9(12)13/h2-4H,5,10H2,1H3,(H,11,13). The Morgan fingerprint density at radius 2 is 2.12 bits per heavy atom. The number of urea groups is 1. The number of carbonyl (C=O) groups is 1. The third kappa shape index (κ3) is 1.54. The lowest BCUT2D eigenvalue weighted by molar-refractivity contribution is 0.251. The third-order valence-electron chi connectivity index (χ3n) is 2.44. The van der Waals surface area contributed by atoms with E-state index in [-0.39, 0.29) is 11.4 Å². The highest BCUT2D eigenvalue weighted by Gasteiger charge is 2.31. The largest absolute Gasteiger partial charge is 0.335 e. The number of benzene rings is 1. The first-order valence-corrected chi connectivity index (χ1v) is 6.07. The Balaban J connectivity index is 2.69. The number of fused-ring (bicyclic) bond motifs is 1. The number of nitrogens with zero attached hydrogens (tertiary/aromatic N) is 1. The summed E-state index contributed by atoms with van der Waals surface area (Å²) in [6.07, 6.45) is 0. The van der Waals surface area contributed by atoms with Crippen molar-refractivity contribution in [1.29, 1.82) is 0 Å². The molecule has 0 radical (unpaired) electrons. The van der Waals surface area contributed by atoms with Crippen molar-refractivity contribution in [2.75, 3.05) is 11.9 Å². The van der Waals surface area contributed by atoms with Gasteiger partial charge in [-0.05, 0) is 17.7 Å². The van der Waals surface area contributed by atoms with Crippen molar-refractivity contribution >= 4 is 21.7 Å². The van der Waals surface area contributed by atoms with Gasteiger partial charge in [-0.25, -0.2) is 17.9 Å². The maximum absolute atomic E-state index is 11.7. The van der Waals surface area contributed by atoms with Crippen LogP contribution in [0.2, 0.25) is 0 Å². The summed E-state index contributed by atoms with van der Waals surface area (Å²) < 4.78 is 25.3. The zero-order chi connectivity index (χ0) is 11.9. The number of amides is 2. The van der Waals surface area contributed by atoms with Gasteiger partial charge >= 0.3 is 6.03 Å². The number of carbonyl (C=O) groups excluding carboxylic acids is 1. The second kappa shape index (κ2) is 3.46. The van der Waals surface area contributed by atoms with E-state index in [1.807, 2.05) is 4.72 Å². The molecular formula is C9H11N3O3S. The maximum Gasteiger partial charge on any atom is 0.335 e. The van der Waals surface area contributed by atoms with E-state index >= 15 is 0 Å². The van der Waals surface area contributed by atoms with Gasteiger partial charge in [0.05, 0.1) is 5.69 Å². The van der Waals surface area contributed by atoms with Crippen LogP contribution in [0.3, 0.4) is 0 Å². The van der Waals surface area contributed by atoms with E-state index in [0.717, 1.165) is 0 Å². The van der Waals surface area contributed by atoms with Gasteiger partial charge in [0.15, 0.2) is 0 Å². The van der Waals surface area contributed by atoms with Crippen molar-refractivity contribution in [3.63, 3.8) is 0 Å². The Kier molecular flexibility index (Phi) is 2.36. The second-order valence-corrected chi connectivity index (χ2v) is 5.13. The fraction of sp³-hybridized carbons (Fsp3) is 0.222. The molecule has 7 heteroatoms. The second-order valence-electron chi connectivity index (χ2n) is 3.48. The zero-order valence-electron chi connectivity index (χ0n) is 8.60. The molecule has 86 valence electrons. The number of nitrogens with one attached hydrogen (secondary N) is 1. The molecule has 3 N–H and O–H groups in total. The monoisotopic (exact) mass is 241 g/mol. The van der Waals surface area contributed by atoms with Crippen molar-refractivity contribution in [3.8, 4) is 0 Å². The summed E-state index contributed by atoms with van der Waals surface area (Å²) in [7, 11) is -2.25. The van der Waals surface area contributed by atoms with E-state index in [2.05, 4.69) is 0 Å². The molecule has 1 aliphatic heterocycles. The molecule has 0 fully saturated rings. The molecule has 1 aromatic carbocycles. The first-order valence-electron chi connectivity index (χ1n) is 4.59. The Bertz CT molecular complexity index is 553. The van der Waals surface area contributed by atoms with Gasteiger partial charge in [-0.15, -0.1) is 0 Å². The summed E-state index contributed by atoms with van der Waals surface area (Å²) in [6.45, 7) is 0.250. The normalized spacial score (nSPS) is 17.9. The van der Waals surface area contributed by atoms with Crippen LogP contribution in [0.4, 0.5) is 10.5 Å². The minimum Gasteiger partial charge on any atom is -0.326 e. The molecule has 2 amide bonds. The van der Waals surface area contributed by atoms with Gasteiger partial charge in [-0.1, -0.05) is 6.07 Å². The molecule has 0 saturated heterocycles. The molecule has 16 heavy (non-hydrogen) atoms. The van der Waals surface area contributed by atoms with Crippen LogP contribution in [0.1, 0.15) is 5.56 Å². The summed E-state index contributed by atoms with van der Waals surface area (Å²) in [5.41, 5.74) is 6.50. The predicted octanol–water partition coefficient (Wildman–Crippen LogP) is -0.00660. The van der Waals surface area contributed by atoms with Crippen LogP contribution in [0.5, 0.6) is 0 Å². The van der Waals surface area contributed by atoms with Crippen LogP contribution in [0.15, 0.2) is 23.1 Å². The predicted molar refractivity (Wildman–Crippen MR) is 58.5 cm³/mol. The van der Waals surface area contributed by atoms with Crippen LogP contribution < -0.4 is 15.4 Å². The van der Waals surface area contributed by atoms with Gasteiger partial charge in [0.1, 0.15) is 4.90 Å². The van der Waals surface area contributed by atoms with Crippen LogP contribution in [0, 0.1) is 0 Å². The summed E-state index contributed by atoms with van der Waals surface area (Å²) in [5, 5.41) is 0. The molecule has 0 spiro atoms. The first-order chi connectivity index (χ1) is 7.45. The van der Waals surface area contributed by atoms with Crippen molar-refractivity contribution < 1.29 is 13.2 Å². The number of rotatable bonds is 1. The Morgan fingerprint density at radius 3 is 2.75 bits per heavy atom. The maximum atomic E-state index is 11.7. The lowest BCUT2D eigenvalue weighted by Gasteiger charge is -2.26. The smallest absolute Gasteiger partial charge is 0.326 e. The van der Waals surface area contributed by atoms with Gasteiger partial charge in [-0.2, -0.15) is 0 Å². The summed E-state index contributed by atoms with van der Waals surface area (Å²) in [6, 6.07) is 4.09. The van der Waals surface area contributed by atoms with Gasteiger partial charge < -0.3 is 5.73 Å². The molecule has 0 atom stereocenters. The highest BCUT2D eigenvalue weighted by atomic mass is 32.2. The van der Waals surface area contributed by atoms with E-state index < -0.39 is 16.1 Å². The number of anilines is 1. The molecule has 1 heterocycles. The lowest BCUT2D eigenvalue weighted by atomic mass is 10.2. The van der Waals surface area contributed by atoms with Gasteiger partial charge in [-0.3, -0.25) is 4.90 Å². The van der Waals surface area contributed by atoms with Gasteiger partial charge in [0.25, 0.3) is 10.0 Å². The average Bonchev–Trinajstić information content (AvgIpc) is 2.25. The molecule has 1 aromatic rings. The van der Waals surface area contributed by atoms with Crippen molar-refractivity contribution in [2.24, 2.45) is 5.73 Å². The Morgan fingerprint density at radius 1 is 1.44 bits per heavy atom. The summed E-state index contributed by atoms with van der Waals surface area (Å²) in [5.74, 6) is 0. The van der Waals surface area contributed by atoms with Gasteiger partial charge in [0, 0.05) is 13.6 Å². The fourth-order valence-corrected chi connectivity index (χ4v) is 2.79. The average molecular weight is 241 g/mol. The minimum atomic E-state index is -3.75. The number of sulfonamides is 1. The molecule has 0 aromatic heterocycles. The molecule has 6 nitrogen and oxygen atoms in total. The highest BCUT2D eigenvalue weighted by molar-refractivity contribution is 7.90. The topological polar surface area (TPSA) is 92.5 Å². The molecule has 1 aliphatic rings. The van der Waals surface area contributed by atoms with E-state index in [0.29, 0.717) is 11.3 Å². The van der Waals surface area contributed by atoms with Crippen molar-refractivity contribution in [2.45, 2.75) is 11.4 Å². The Hall–Kier alpha value is -1.60. The SMILES string of the molecule is CN1C(=O)NS(=O)(=O)c2cc(CN)ccc21. The summed E-state index contributed by atoms with van der Waals surface area (Å²) >= 11 is 0. The van der Waals surface area contributed by atoms with Crippen LogP contribution in [-0.2, 0) is 16.6 Å². The fourth-order valence-electron chi connectivity index (χ4n) is 1.53. The van der Waals surface area contributed by atoms with Gasteiger partial charge in [0.2, 0.25) is 0 Å². The molecular weight excluding hydrogens is 230 g/mol. The van der Waals surface area contributed by atoms with E-state index in [9.17, 15) is 13.2 Å². The molecule has 0 bridgehead atoms. The van der Waals surface area contributed by atoms with Crippen LogP contribution >= 0.6 is 0 Å². The summed E-state index contributed by atoms with van der Waals surface area (Å²) in [4.78, 5) is 12.7. The number of hydrogen-bond donors (Lipinski definition) is 2. The molecule has 2 rings (SSSR count). The molecule has 0 saturated carbocycles.